The van der Waals surface area contributed by atoms with Gasteiger partial charge in [0.15, 0.2) is 0 Å². The van der Waals surface area contributed by atoms with Crippen molar-refractivity contribution < 1.29 is 4.39 Å². The van der Waals surface area contributed by atoms with Crippen LogP contribution < -0.4 is 0 Å². The molecule has 0 aliphatic rings. The first-order valence-electron chi connectivity index (χ1n) is 4.78. The highest BCUT2D eigenvalue weighted by Crippen LogP contribution is 2.18. The maximum Gasteiger partial charge on any atom is 0.139 e. The van der Waals surface area contributed by atoms with Crippen LogP contribution in [0, 0.1) is 17.7 Å². The van der Waals surface area contributed by atoms with Gasteiger partial charge in [-0.3, -0.25) is 0 Å². The normalized spacial score (nSPS) is 9.38. The molecular weight excluding hydrogens is 267 g/mol. The summed E-state index contributed by atoms with van der Waals surface area (Å²) in [5.41, 5.74) is 1.27. The van der Waals surface area contributed by atoms with Crippen LogP contribution in [-0.4, -0.2) is 0 Å². The van der Waals surface area contributed by atoms with E-state index in [1.165, 1.54) is 6.07 Å². The monoisotopic (exact) mass is 274 g/mol. The van der Waals surface area contributed by atoms with E-state index in [1.807, 2.05) is 30.3 Å². The summed E-state index contributed by atoms with van der Waals surface area (Å²) in [6, 6.07) is 14.3. The molecule has 0 nitrogen and oxygen atoms in total. The van der Waals surface area contributed by atoms with Gasteiger partial charge in [-0.2, -0.15) is 0 Å². The predicted octanol–water partition coefficient (Wildman–Crippen LogP) is 3.99. The van der Waals surface area contributed by atoms with Crippen LogP contribution >= 0.6 is 15.9 Å². The van der Waals surface area contributed by atoms with Gasteiger partial charge in [0.1, 0.15) is 5.82 Å². The lowest BCUT2D eigenvalue weighted by molar-refractivity contribution is 0.623. The van der Waals surface area contributed by atoms with Gasteiger partial charge in [-0.25, -0.2) is 4.39 Å². The molecule has 0 amide bonds. The van der Waals surface area contributed by atoms with Gasteiger partial charge in [0, 0.05) is 10.0 Å². The summed E-state index contributed by atoms with van der Waals surface area (Å²) in [6.07, 6.45) is 0. The van der Waals surface area contributed by atoms with Crippen molar-refractivity contribution in [1.29, 1.82) is 0 Å². The summed E-state index contributed by atoms with van der Waals surface area (Å²) in [7, 11) is 0. The number of hydrogen-bond acceptors (Lipinski definition) is 0. The van der Waals surface area contributed by atoms with E-state index in [2.05, 4.69) is 27.8 Å². The van der Waals surface area contributed by atoms with E-state index in [4.69, 9.17) is 0 Å². The lowest BCUT2D eigenvalue weighted by Gasteiger charge is -1.96. The first-order chi connectivity index (χ1) is 7.77. The topological polar surface area (TPSA) is 0 Å². The van der Waals surface area contributed by atoms with E-state index in [0.29, 0.717) is 10.0 Å². The third-order valence-corrected chi connectivity index (χ3v) is 2.73. The van der Waals surface area contributed by atoms with E-state index >= 15 is 0 Å². The van der Waals surface area contributed by atoms with Crippen LogP contribution in [0.5, 0.6) is 0 Å². The Balaban J connectivity index is 2.39. The van der Waals surface area contributed by atoms with Gasteiger partial charge in [0.05, 0.1) is 5.56 Å². The van der Waals surface area contributed by atoms with Crippen molar-refractivity contribution in [2.45, 2.75) is 0 Å². The Hall–Kier alpha value is -1.59. The van der Waals surface area contributed by atoms with Crippen LogP contribution in [0.1, 0.15) is 11.1 Å². The summed E-state index contributed by atoms with van der Waals surface area (Å²) in [5.74, 6) is 5.44. The Bertz CT molecular complexity index is 530. The average Bonchev–Trinajstić information content (AvgIpc) is 2.30. The largest absolute Gasteiger partial charge is 0.206 e. The van der Waals surface area contributed by atoms with Gasteiger partial charge < -0.3 is 0 Å². The van der Waals surface area contributed by atoms with E-state index in [9.17, 15) is 4.39 Å². The Kier molecular flexibility index (Phi) is 3.38. The summed E-state index contributed by atoms with van der Waals surface area (Å²) < 4.78 is 14.1. The zero-order chi connectivity index (χ0) is 11.4. The van der Waals surface area contributed by atoms with Gasteiger partial charge in [0.25, 0.3) is 0 Å². The molecule has 0 radical (unpaired) electrons. The average molecular weight is 275 g/mol. The van der Waals surface area contributed by atoms with Gasteiger partial charge in [-0.05, 0) is 40.2 Å². The van der Waals surface area contributed by atoms with E-state index in [0.717, 1.165) is 5.56 Å². The van der Waals surface area contributed by atoms with Crippen molar-refractivity contribution in [3.05, 3.63) is 69.9 Å². The summed E-state index contributed by atoms with van der Waals surface area (Å²) in [4.78, 5) is 0. The highest BCUT2D eigenvalue weighted by atomic mass is 79.9. The molecule has 2 aromatic carbocycles. The fraction of sp³-hybridized carbons (Fsp3) is 0. The predicted molar refractivity (Wildman–Crippen MR) is 66.5 cm³/mol. The Morgan fingerprint density at radius 1 is 0.875 bits per heavy atom. The minimum atomic E-state index is -0.308. The van der Waals surface area contributed by atoms with Crippen LogP contribution in [0.4, 0.5) is 4.39 Å². The Labute approximate surface area is 102 Å². The quantitative estimate of drug-likeness (QED) is 0.638. The summed E-state index contributed by atoms with van der Waals surface area (Å²) >= 11 is 3.28. The lowest BCUT2D eigenvalue weighted by Crippen LogP contribution is -1.84. The number of benzene rings is 2. The third kappa shape index (κ3) is 2.50. The van der Waals surface area contributed by atoms with Crippen LogP contribution in [-0.2, 0) is 0 Å². The molecule has 2 rings (SSSR count). The smallest absolute Gasteiger partial charge is 0.139 e. The fourth-order valence-electron chi connectivity index (χ4n) is 1.27. The number of hydrogen-bond donors (Lipinski definition) is 0. The molecule has 78 valence electrons. The molecule has 0 saturated carbocycles. The van der Waals surface area contributed by atoms with Crippen LogP contribution in [0.25, 0.3) is 0 Å². The van der Waals surface area contributed by atoms with Crippen molar-refractivity contribution in [2.75, 3.05) is 0 Å². The second kappa shape index (κ2) is 4.96. The van der Waals surface area contributed by atoms with Crippen LogP contribution in [0.15, 0.2) is 53.0 Å². The Morgan fingerprint density at radius 2 is 1.62 bits per heavy atom. The summed E-state index contributed by atoms with van der Waals surface area (Å²) in [6.45, 7) is 0. The molecule has 0 fully saturated rings. The van der Waals surface area contributed by atoms with E-state index < -0.39 is 0 Å². The molecular formula is C14H8BrF. The molecule has 0 saturated heterocycles. The van der Waals surface area contributed by atoms with Gasteiger partial charge in [0.2, 0.25) is 0 Å². The zero-order valence-electron chi connectivity index (χ0n) is 8.37. The molecule has 0 bridgehead atoms. The number of rotatable bonds is 0. The molecule has 0 aromatic heterocycles. The third-order valence-electron chi connectivity index (χ3n) is 2.07. The Morgan fingerprint density at radius 3 is 2.31 bits per heavy atom. The maximum atomic E-state index is 13.4. The molecule has 0 aliphatic heterocycles. The van der Waals surface area contributed by atoms with E-state index in [1.54, 1.807) is 12.1 Å². The highest BCUT2D eigenvalue weighted by Gasteiger charge is 2.01. The SMILES string of the molecule is Fc1cccc(Br)c1C#Cc1ccccc1. The molecule has 2 heteroatoms. The fourth-order valence-corrected chi connectivity index (χ4v) is 1.71. The zero-order valence-corrected chi connectivity index (χ0v) is 9.96. The molecule has 0 heterocycles. The minimum absolute atomic E-state index is 0.308. The molecule has 0 spiro atoms. The molecule has 16 heavy (non-hydrogen) atoms. The lowest BCUT2D eigenvalue weighted by atomic mass is 10.2. The van der Waals surface area contributed by atoms with Crippen LogP contribution in [0.3, 0.4) is 0 Å². The first kappa shape index (κ1) is 10.9. The second-order valence-corrected chi connectivity index (χ2v) is 4.07. The molecule has 0 atom stereocenters. The van der Waals surface area contributed by atoms with Gasteiger partial charge >= 0.3 is 0 Å². The molecule has 0 aliphatic carbocycles. The second-order valence-electron chi connectivity index (χ2n) is 3.21. The highest BCUT2D eigenvalue weighted by molar-refractivity contribution is 9.10. The van der Waals surface area contributed by atoms with Crippen molar-refractivity contribution in [1.82, 2.24) is 0 Å². The van der Waals surface area contributed by atoms with Crippen LogP contribution in [0.2, 0.25) is 0 Å². The molecule has 0 N–H and O–H groups in total. The molecule has 0 unspecified atom stereocenters. The van der Waals surface area contributed by atoms with E-state index in [-0.39, 0.29) is 5.82 Å². The van der Waals surface area contributed by atoms with Gasteiger partial charge in [-0.1, -0.05) is 36.1 Å². The molecule has 2 aromatic rings. The van der Waals surface area contributed by atoms with Crippen molar-refractivity contribution in [3.63, 3.8) is 0 Å². The minimum Gasteiger partial charge on any atom is -0.206 e. The van der Waals surface area contributed by atoms with Crippen molar-refractivity contribution >= 4 is 15.9 Å². The standard InChI is InChI=1S/C14H8BrF/c15-13-7-4-8-14(16)12(13)10-9-11-5-2-1-3-6-11/h1-8H. The summed E-state index contributed by atoms with van der Waals surface area (Å²) in [5, 5.41) is 0. The number of halogens is 2. The van der Waals surface area contributed by atoms with Crippen molar-refractivity contribution in [3.8, 4) is 11.8 Å². The maximum absolute atomic E-state index is 13.4. The van der Waals surface area contributed by atoms with Crippen molar-refractivity contribution in [2.24, 2.45) is 0 Å². The van der Waals surface area contributed by atoms with Gasteiger partial charge in [-0.15, -0.1) is 0 Å². The first-order valence-corrected chi connectivity index (χ1v) is 5.58.